The quantitative estimate of drug-likeness (QED) is 0.823. The molecule has 1 aromatic carbocycles. The van der Waals surface area contributed by atoms with Crippen LogP contribution in [0.3, 0.4) is 0 Å². The number of aliphatic carboxylic acids is 1. The Kier molecular flexibility index (Phi) is 3.84. The number of carboxylic acid groups (broad SMARTS) is 1. The molecule has 0 aliphatic heterocycles. The molecule has 6 nitrogen and oxygen atoms in total. The Labute approximate surface area is 110 Å². The number of H-pyrrole nitrogens is 1. The molecular formula is C12H14N2O4S. The van der Waals surface area contributed by atoms with Crippen LogP contribution in [0.25, 0.3) is 11.0 Å². The van der Waals surface area contributed by atoms with Gasteiger partial charge in [0.05, 0.1) is 29.0 Å². The molecule has 0 fully saturated rings. The molecule has 0 spiro atoms. The molecule has 0 radical (unpaired) electrons. The molecule has 0 saturated carbocycles. The number of hydrogen-bond donors (Lipinski definition) is 2. The number of aromatic amines is 1. The molecule has 2 N–H and O–H groups in total. The lowest BCUT2D eigenvalue weighted by Gasteiger charge is -2.00. The first-order chi connectivity index (χ1) is 8.96. The van der Waals surface area contributed by atoms with Gasteiger partial charge < -0.3 is 10.1 Å². The van der Waals surface area contributed by atoms with Crippen molar-refractivity contribution < 1.29 is 18.3 Å². The summed E-state index contributed by atoms with van der Waals surface area (Å²) in [4.78, 5) is 17.7. The highest BCUT2D eigenvalue weighted by Gasteiger charge is 2.14. The average molecular weight is 282 g/mol. The molecular weight excluding hydrogens is 268 g/mol. The molecule has 2 rings (SSSR count). The van der Waals surface area contributed by atoms with Gasteiger partial charge in [-0.1, -0.05) is 12.1 Å². The van der Waals surface area contributed by atoms with Crippen LogP contribution in [0.15, 0.2) is 24.3 Å². The Morgan fingerprint density at radius 1 is 1.26 bits per heavy atom. The largest absolute Gasteiger partial charge is 0.481 e. The SMILES string of the molecule is O=C(O)CCS(=O)(=O)CCc1nc2ccccc2[nH]1. The lowest BCUT2D eigenvalue weighted by atomic mass is 10.3. The Morgan fingerprint density at radius 2 is 2.00 bits per heavy atom. The second kappa shape index (κ2) is 5.40. The van der Waals surface area contributed by atoms with Gasteiger partial charge in [-0.2, -0.15) is 0 Å². The maximum atomic E-state index is 11.6. The van der Waals surface area contributed by atoms with Gasteiger partial charge in [-0.05, 0) is 12.1 Å². The summed E-state index contributed by atoms with van der Waals surface area (Å²) in [6, 6.07) is 7.43. The predicted molar refractivity (Wildman–Crippen MR) is 70.7 cm³/mol. The van der Waals surface area contributed by atoms with E-state index in [1.54, 1.807) is 0 Å². The van der Waals surface area contributed by atoms with Crippen molar-refractivity contribution in [3.8, 4) is 0 Å². The van der Waals surface area contributed by atoms with Crippen molar-refractivity contribution in [1.82, 2.24) is 9.97 Å². The first-order valence-electron chi connectivity index (χ1n) is 5.82. The molecule has 0 unspecified atom stereocenters. The number of hydrogen-bond acceptors (Lipinski definition) is 4. The van der Waals surface area contributed by atoms with Gasteiger partial charge in [-0.3, -0.25) is 4.79 Å². The number of nitrogens with zero attached hydrogens (tertiary/aromatic N) is 1. The summed E-state index contributed by atoms with van der Waals surface area (Å²) >= 11 is 0. The predicted octanol–water partition coefficient (Wildman–Crippen LogP) is 0.995. The number of fused-ring (bicyclic) bond motifs is 1. The van der Waals surface area contributed by atoms with Gasteiger partial charge in [0.25, 0.3) is 0 Å². The maximum Gasteiger partial charge on any atom is 0.304 e. The van der Waals surface area contributed by atoms with E-state index >= 15 is 0 Å². The van der Waals surface area contributed by atoms with E-state index in [4.69, 9.17) is 5.11 Å². The summed E-state index contributed by atoms with van der Waals surface area (Å²) < 4.78 is 23.2. The third kappa shape index (κ3) is 3.78. The number of sulfone groups is 1. The Bertz CT molecular complexity index is 658. The zero-order valence-corrected chi connectivity index (χ0v) is 11.0. The fraction of sp³-hybridized carbons (Fsp3) is 0.333. The summed E-state index contributed by atoms with van der Waals surface area (Å²) in [6.07, 6.45) is -0.0981. The zero-order chi connectivity index (χ0) is 13.9. The van der Waals surface area contributed by atoms with E-state index in [1.165, 1.54) is 0 Å². The highest BCUT2D eigenvalue weighted by Crippen LogP contribution is 2.11. The average Bonchev–Trinajstić information content (AvgIpc) is 2.77. The van der Waals surface area contributed by atoms with Crippen molar-refractivity contribution in [2.45, 2.75) is 12.8 Å². The maximum absolute atomic E-state index is 11.6. The van der Waals surface area contributed by atoms with E-state index in [0.717, 1.165) is 11.0 Å². The van der Waals surface area contributed by atoms with Crippen molar-refractivity contribution in [2.75, 3.05) is 11.5 Å². The lowest BCUT2D eigenvalue weighted by molar-refractivity contribution is -0.136. The van der Waals surface area contributed by atoms with Gasteiger partial charge in [0.15, 0.2) is 9.84 Å². The number of benzene rings is 1. The molecule has 7 heteroatoms. The lowest BCUT2D eigenvalue weighted by Crippen LogP contribution is -2.16. The van der Waals surface area contributed by atoms with Crippen molar-refractivity contribution in [3.63, 3.8) is 0 Å². The van der Waals surface area contributed by atoms with Crippen LogP contribution in [0.2, 0.25) is 0 Å². The second-order valence-corrected chi connectivity index (χ2v) is 6.55. The van der Waals surface area contributed by atoms with Crippen molar-refractivity contribution in [1.29, 1.82) is 0 Å². The molecule has 0 aliphatic carbocycles. The number of para-hydroxylation sites is 2. The van der Waals surface area contributed by atoms with Crippen LogP contribution in [0, 0.1) is 0 Å². The van der Waals surface area contributed by atoms with Crippen molar-refractivity contribution in [2.24, 2.45) is 0 Å². The minimum Gasteiger partial charge on any atom is -0.481 e. The number of nitrogens with one attached hydrogen (secondary N) is 1. The first-order valence-corrected chi connectivity index (χ1v) is 7.64. The van der Waals surface area contributed by atoms with Gasteiger partial charge in [-0.15, -0.1) is 0 Å². The molecule has 2 aromatic rings. The van der Waals surface area contributed by atoms with Crippen LogP contribution in [-0.2, 0) is 21.1 Å². The summed E-state index contributed by atoms with van der Waals surface area (Å²) in [5.74, 6) is -0.935. The summed E-state index contributed by atoms with van der Waals surface area (Å²) in [5.41, 5.74) is 1.65. The topological polar surface area (TPSA) is 100 Å². The van der Waals surface area contributed by atoms with Crippen molar-refractivity contribution >= 4 is 26.8 Å². The van der Waals surface area contributed by atoms with E-state index < -0.39 is 15.8 Å². The summed E-state index contributed by atoms with van der Waals surface area (Å²) in [6.45, 7) is 0. The number of carbonyl (C=O) groups is 1. The standard InChI is InChI=1S/C12H14N2O4S/c15-12(16)6-8-19(17,18)7-5-11-13-9-3-1-2-4-10(9)14-11/h1-4H,5-8H2,(H,13,14)(H,15,16). The van der Waals surface area contributed by atoms with Crippen LogP contribution in [0.4, 0.5) is 0 Å². The van der Waals surface area contributed by atoms with Crippen molar-refractivity contribution in [3.05, 3.63) is 30.1 Å². The van der Waals surface area contributed by atoms with Crippen LogP contribution in [-0.4, -0.2) is 41.0 Å². The molecule has 0 saturated heterocycles. The second-order valence-electron chi connectivity index (χ2n) is 4.25. The minimum absolute atomic E-state index is 0.0971. The zero-order valence-electron chi connectivity index (χ0n) is 10.2. The Morgan fingerprint density at radius 3 is 2.68 bits per heavy atom. The van der Waals surface area contributed by atoms with Gasteiger partial charge in [0, 0.05) is 6.42 Å². The highest BCUT2D eigenvalue weighted by molar-refractivity contribution is 7.91. The van der Waals surface area contributed by atoms with E-state index in [1.807, 2.05) is 24.3 Å². The monoisotopic (exact) mass is 282 g/mol. The van der Waals surface area contributed by atoms with Crippen LogP contribution in [0.1, 0.15) is 12.2 Å². The number of carboxylic acids is 1. The summed E-state index contributed by atoms with van der Waals surface area (Å²) in [5, 5.41) is 8.47. The van der Waals surface area contributed by atoms with E-state index in [-0.39, 0.29) is 24.3 Å². The molecule has 102 valence electrons. The smallest absolute Gasteiger partial charge is 0.304 e. The van der Waals surface area contributed by atoms with E-state index in [0.29, 0.717) is 5.82 Å². The molecule has 0 atom stereocenters. The fourth-order valence-electron chi connectivity index (χ4n) is 1.72. The van der Waals surface area contributed by atoms with Gasteiger partial charge >= 0.3 is 5.97 Å². The molecule has 0 aliphatic rings. The number of aryl methyl sites for hydroxylation is 1. The molecule has 0 bridgehead atoms. The molecule has 19 heavy (non-hydrogen) atoms. The summed E-state index contributed by atoms with van der Waals surface area (Å²) in [7, 11) is -3.35. The van der Waals surface area contributed by atoms with Crippen LogP contribution >= 0.6 is 0 Å². The van der Waals surface area contributed by atoms with Gasteiger partial charge in [0.1, 0.15) is 5.82 Å². The van der Waals surface area contributed by atoms with E-state index in [9.17, 15) is 13.2 Å². The normalized spacial score (nSPS) is 11.8. The van der Waals surface area contributed by atoms with Crippen LogP contribution < -0.4 is 0 Å². The van der Waals surface area contributed by atoms with Crippen LogP contribution in [0.5, 0.6) is 0 Å². The number of aromatic nitrogens is 2. The first kappa shape index (κ1) is 13.5. The highest BCUT2D eigenvalue weighted by atomic mass is 32.2. The Balaban J connectivity index is 2.00. The van der Waals surface area contributed by atoms with E-state index in [2.05, 4.69) is 9.97 Å². The molecule has 1 aromatic heterocycles. The molecule has 0 amide bonds. The van der Waals surface area contributed by atoms with Gasteiger partial charge in [-0.25, -0.2) is 13.4 Å². The minimum atomic E-state index is -3.35. The van der Waals surface area contributed by atoms with Gasteiger partial charge in [0.2, 0.25) is 0 Å². The Hall–Kier alpha value is -1.89. The third-order valence-corrected chi connectivity index (χ3v) is 4.37. The number of imidazole rings is 1. The fourth-order valence-corrected chi connectivity index (χ4v) is 2.92. The third-order valence-electron chi connectivity index (χ3n) is 2.72. The number of rotatable bonds is 6. The molecule has 1 heterocycles.